The Morgan fingerprint density at radius 3 is 2.06 bits per heavy atom. The monoisotopic (exact) mass is 277 g/mol. The van der Waals surface area contributed by atoms with Crippen molar-refractivity contribution in [3.05, 3.63) is 0 Å². The summed E-state index contributed by atoms with van der Waals surface area (Å²) in [6.07, 6.45) is 3.57. The summed E-state index contributed by atoms with van der Waals surface area (Å²) in [4.78, 5) is 0. The van der Waals surface area contributed by atoms with E-state index in [1.807, 2.05) is 0 Å². The smallest absolute Gasteiger partial charge is 0.156 e. The van der Waals surface area contributed by atoms with Crippen LogP contribution in [0.5, 0.6) is 0 Å². The number of rotatable bonds is 8. The summed E-state index contributed by atoms with van der Waals surface area (Å²) < 4.78 is 23.2. The molecule has 110 valence electrons. The van der Waals surface area contributed by atoms with Gasteiger partial charge in [-0.3, -0.25) is 0 Å². The van der Waals surface area contributed by atoms with Gasteiger partial charge in [0, 0.05) is 12.6 Å². The molecule has 1 atom stereocenters. The van der Waals surface area contributed by atoms with Crippen molar-refractivity contribution in [1.82, 2.24) is 5.32 Å². The van der Waals surface area contributed by atoms with Crippen LogP contribution in [0.3, 0.4) is 0 Å². The maximum absolute atomic E-state index is 11.9. The van der Waals surface area contributed by atoms with Crippen LogP contribution in [0, 0.1) is 5.92 Å². The molecule has 18 heavy (non-hydrogen) atoms. The molecule has 0 fully saturated rings. The molecular formula is C14H31NO2S. The maximum Gasteiger partial charge on any atom is 0.156 e. The predicted molar refractivity (Wildman–Crippen MR) is 79.7 cm³/mol. The van der Waals surface area contributed by atoms with Gasteiger partial charge in [-0.1, -0.05) is 26.7 Å². The first kappa shape index (κ1) is 17.9. The highest BCUT2D eigenvalue weighted by Crippen LogP contribution is 2.15. The molecule has 0 rings (SSSR count). The van der Waals surface area contributed by atoms with E-state index >= 15 is 0 Å². The third kappa shape index (κ3) is 7.37. The average molecular weight is 277 g/mol. The van der Waals surface area contributed by atoms with Crippen LogP contribution in [-0.2, 0) is 9.84 Å². The van der Waals surface area contributed by atoms with Gasteiger partial charge >= 0.3 is 0 Å². The first-order valence-corrected chi connectivity index (χ1v) is 8.67. The van der Waals surface area contributed by atoms with Crippen molar-refractivity contribution in [1.29, 1.82) is 0 Å². The van der Waals surface area contributed by atoms with Crippen molar-refractivity contribution in [2.75, 3.05) is 12.3 Å². The quantitative estimate of drug-likeness (QED) is 0.742. The minimum absolute atomic E-state index is 0.227. The van der Waals surface area contributed by atoms with Crippen LogP contribution >= 0.6 is 0 Å². The van der Waals surface area contributed by atoms with Crippen LogP contribution in [0.15, 0.2) is 0 Å². The van der Waals surface area contributed by atoms with Crippen LogP contribution < -0.4 is 5.32 Å². The van der Waals surface area contributed by atoms with Gasteiger partial charge in [-0.05, 0) is 40.0 Å². The van der Waals surface area contributed by atoms with Crippen molar-refractivity contribution >= 4 is 9.84 Å². The summed E-state index contributed by atoms with van der Waals surface area (Å²) >= 11 is 0. The molecule has 1 unspecified atom stereocenters. The van der Waals surface area contributed by atoms with Gasteiger partial charge in [0.25, 0.3) is 0 Å². The SMILES string of the molecule is CC(C)CCCC(C)NCCS(=O)(=O)C(C)(C)C. The van der Waals surface area contributed by atoms with E-state index in [1.165, 1.54) is 12.8 Å². The average Bonchev–Trinajstić information content (AvgIpc) is 2.14. The van der Waals surface area contributed by atoms with Crippen molar-refractivity contribution in [2.45, 2.75) is 71.6 Å². The molecule has 4 heteroatoms. The Labute approximate surface area is 114 Å². The largest absolute Gasteiger partial charge is 0.313 e. The van der Waals surface area contributed by atoms with E-state index in [1.54, 1.807) is 20.8 Å². The molecule has 3 nitrogen and oxygen atoms in total. The standard InChI is InChI=1S/C14H31NO2S/c1-12(2)8-7-9-13(3)15-10-11-18(16,17)14(4,5)6/h12-13,15H,7-11H2,1-6H3. The molecule has 0 aliphatic carbocycles. The molecule has 0 aliphatic heterocycles. The van der Waals surface area contributed by atoms with Crippen LogP contribution in [-0.4, -0.2) is 31.5 Å². The summed E-state index contributed by atoms with van der Waals surface area (Å²) in [5.41, 5.74) is 0. The van der Waals surface area contributed by atoms with E-state index in [2.05, 4.69) is 26.1 Å². The zero-order valence-corrected chi connectivity index (χ0v) is 13.7. The molecule has 0 bridgehead atoms. The molecular weight excluding hydrogens is 246 g/mol. The Kier molecular flexibility index (Phi) is 7.45. The van der Waals surface area contributed by atoms with Crippen LogP contribution in [0.2, 0.25) is 0 Å². The number of hydrogen-bond donors (Lipinski definition) is 1. The van der Waals surface area contributed by atoms with Crippen LogP contribution in [0.25, 0.3) is 0 Å². The lowest BCUT2D eigenvalue weighted by Crippen LogP contribution is -2.37. The van der Waals surface area contributed by atoms with Gasteiger partial charge in [0.05, 0.1) is 10.5 Å². The topological polar surface area (TPSA) is 46.2 Å². The van der Waals surface area contributed by atoms with Crippen LogP contribution in [0.4, 0.5) is 0 Å². The summed E-state index contributed by atoms with van der Waals surface area (Å²) in [7, 11) is -2.99. The number of hydrogen-bond acceptors (Lipinski definition) is 3. The molecule has 0 aromatic heterocycles. The molecule has 0 aliphatic rings. The molecule has 0 aromatic rings. The molecule has 1 N–H and O–H groups in total. The van der Waals surface area contributed by atoms with Gasteiger partial charge in [-0.15, -0.1) is 0 Å². The fourth-order valence-corrected chi connectivity index (χ4v) is 2.68. The molecule has 0 amide bonds. The van der Waals surface area contributed by atoms with Crippen molar-refractivity contribution in [3.8, 4) is 0 Å². The van der Waals surface area contributed by atoms with Crippen LogP contribution in [0.1, 0.15) is 60.8 Å². The molecule has 0 saturated heterocycles. The Morgan fingerprint density at radius 2 is 1.61 bits per heavy atom. The predicted octanol–water partition coefficient (Wildman–Crippen LogP) is 3.00. The first-order chi connectivity index (χ1) is 8.06. The molecule has 0 aromatic carbocycles. The highest BCUT2D eigenvalue weighted by Gasteiger charge is 2.28. The summed E-state index contributed by atoms with van der Waals surface area (Å²) in [6, 6.07) is 0.402. The minimum atomic E-state index is -2.99. The van der Waals surface area contributed by atoms with E-state index < -0.39 is 14.6 Å². The fourth-order valence-electron chi connectivity index (χ4n) is 1.68. The molecule has 0 heterocycles. The molecule has 0 saturated carbocycles. The second-order valence-corrected chi connectivity index (χ2v) is 9.47. The maximum atomic E-state index is 11.9. The van der Waals surface area contributed by atoms with E-state index in [0.29, 0.717) is 12.6 Å². The Morgan fingerprint density at radius 1 is 1.06 bits per heavy atom. The van der Waals surface area contributed by atoms with Gasteiger partial charge in [0.15, 0.2) is 9.84 Å². The van der Waals surface area contributed by atoms with Gasteiger partial charge in [-0.2, -0.15) is 0 Å². The van der Waals surface area contributed by atoms with Gasteiger partial charge in [0.2, 0.25) is 0 Å². The molecule has 0 spiro atoms. The zero-order valence-electron chi connectivity index (χ0n) is 12.9. The van der Waals surface area contributed by atoms with Gasteiger partial charge < -0.3 is 5.32 Å². The summed E-state index contributed by atoms with van der Waals surface area (Å²) in [6.45, 7) is 12.4. The summed E-state index contributed by atoms with van der Waals surface area (Å²) in [5, 5.41) is 3.31. The van der Waals surface area contributed by atoms with Gasteiger partial charge in [-0.25, -0.2) is 8.42 Å². The number of sulfone groups is 1. The second-order valence-electron chi connectivity index (χ2n) is 6.61. The second kappa shape index (κ2) is 7.49. The summed E-state index contributed by atoms with van der Waals surface area (Å²) in [5.74, 6) is 0.976. The third-order valence-electron chi connectivity index (χ3n) is 3.22. The van der Waals surface area contributed by atoms with E-state index in [9.17, 15) is 8.42 Å². The Balaban J connectivity index is 3.85. The van der Waals surface area contributed by atoms with Crippen molar-refractivity contribution in [2.24, 2.45) is 5.92 Å². The van der Waals surface area contributed by atoms with Gasteiger partial charge in [0.1, 0.15) is 0 Å². The lowest BCUT2D eigenvalue weighted by molar-refractivity contribution is 0.464. The normalized spacial score (nSPS) is 15.1. The lowest BCUT2D eigenvalue weighted by Gasteiger charge is -2.20. The highest BCUT2D eigenvalue weighted by atomic mass is 32.2. The third-order valence-corrected chi connectivity index (χ3v) is 5.82. The fraction of sp³-hybridized carbons (Fsp3) is 1.00. The van der Waals surface area contributed by atoms with E-state index in [0.717, 1.165) is 12.3 Å². The number of nitrogens with one attached hydrogen (secondary N) is 1. The van der Waals surface area contributed by atoms with Crippen molar-refractivity contribution < 1.29 is 8.42 Å². The Bertz CT molecular complexity index is 315. The van der Waals surface area contributed by atoms with E-state index in [4.69, 9.17) is 0 Å². The molecule has 0 radical (unpaired) electrons. The minimum Gasteiger partial charge on any atom is -0.313 e. The Hall–Kier alpha value is -0.0900. The van der Waals surface area contributed by atoms with E-state index in [-0.39, 0.29) is 5.75 Å². The highest BCUT2D eigenvalue weighted by molar-refractivity contribution is 7.92. The lowest BCUT2D eigenvalue weighted by atomic mass is 10.0. The first-order valence-electron chi connectivity index (χ1n) is 7.02. The zero-order chi connectivity index (χ0) is 14.4. The van der Waals surface area contributed by atoms with Crippen molar-refractivity contribution in [3.63, 3.8) is 0 Å².